The third-order valence-corrected chi connectivity index (χ3v) is 3.07. The summed E-state index contributed by atoms with van der Waals surface area (Å²) >= 11 is 0. The normalized spacial score (nSPS) is 26.6. The Morgan fingerprint density at radius 2 is 1.93 bits per heavy atom. The van der Waals surface area contributed by atoms with E-state index in [1.165, 1.54) is 24.9 Å². The Bertz CT molecular complexity index is 265. The maximum Gasteiger partial charge on any atom is 0.00500 e. The average Bonchev–Trinajstić information content (AvgIpc) is 2.20. The fourth-order valence-corrected chi connectivity index (χ4v) is 2.14. The van der Waals surface area contributed by atoms with Crippen LogP contribution < -0.4 is 5.32 Å². The van der Waals surface area contributed by atoms with Crippen molar-refractivity contribution in [2.75, 3.05) is 13.1 Å². The topological polar surface area (TPSA) is 12.0 Å². The molecule has 1 heterocycles. The fourth-order valence-electron chi connectivity index (χ4n) is 2.14. The molecule has 1 fully saturated rings. The van der Waals surface area contributed by atoms with Gasteiger partial charge in [-0.1, -0.05) is 37.3 Å². The van der Waals surface area contributed by atoms with Crippen LogP contribution in [0.4, 0.5) is 0 Å². The van der Waals surface area contributed by atoms with E-state index in [1.807, 2.05) is 0 Å². The molecule has 1 nitrogen and oxygen atoms in total. The lowest BCUT2D eigenvalue weighted by Crippen LogP contribution is -2.40. The van der Waals surface area contributed by atoms with Crippen molar-refractivity contribution in [3.8, 4) is 0 Å². The minimum Gasteiger partial charge on any atom is -0.316 e. The van der Waals surface area contributed by atoms with Crippen LogP contribution in [0.15, 0.2) is 30.3 Å². The van der Waals surface area contributed by atoms with Crippen LogP contribution in [0.3, 0.4) is 0 Å². The van der Waals surface area contributed by atoms with Crippen molar-refractivity contribution in [1.82, 2.24) is 5.32 Å². The van der Waals surface area contributed by atoms with Gasteiger partial charge in [0.2, 0.25) is 0 Å². The highest BCUT2D eigenvalue weighted by atomic mass is 35.5. The zero-order valence-electron chi connectivity index (χ0n) is 8.62. The molecule has 1 aromatic carbocycles. The Morgan fingerprint density at radius 1 is 1.21 bits per heavy atom. The molecule has 14 heavy (non-hydrogen) atoms. The van der Waals surface area contributed by atoms with E-state index in [0.29, 0.717) is 5.41 Å². The molecule has 2 heteroatoms. The minimum atomic E-state index is 0. The second-order valence-electron chi connectivity index (χ2n) is 4.21. The molecule has 0 aliphatic carbocycles. The molecule has 0 spiro atoms. The van der Waals surface area contributed by atoms with E-state index in [0.717, 1.165) is 6.54 Å². The van der Waals surface area contributed by atoms with Crippen molar-refractivity contribution in [2.24, 2.45) is 0 Å². The molecule has 1 aliphatic heterocycles. The molecule has 1 N–H and O–H groups in total. The van der Waals surface area contributed by atoms with Crippen LogP contribution >= 0.6 is 12.4 Å². The van der Waals surface area contributed by atoms with Crippen LogP contribution in [-0.4, -0.2) is 13.1 Å². The summed E-state index contributed by atoms with van der Waals surface area (Å²) in [5.41, 5.74) is 1.83. The van der Waals surface area contributed by atoms with Crippen molar-refractivity contribution < 1.29 is 0 Å². The highest BCUT2D eigenvalue weighted by Gasteiger charge is 2.27. The maximum atomic E-state index is 3.47. The summed E-state index contributed by atoms with van der Waals surface area (Å²) in [6.45, 7) is 4.66. The summed E-state index contributed by atoms with van der Waals surface area (Å²) in [6, 6.07) is 10.8. The second-order valence-corrected chi connectivity index (χ2v) is 4.21. The molecular formula is C12H18ClN. The predicted molar refractivity (Wildman–Crippen MR) is 63.1 cm³/mol. The van der Waals surface area contributed by atoms with Gasteiger partial charge in [-0.25, -0.2) is 0 Å². The van der Waals surface area contributed by atoms with E-state index in [2.05, 4.69) is 42.6 Å². The van der Waals surface area contributed by atoms with Gasteiger partial charge in [0.25, 0.3) is 0 Å². The van der Waals surface area contributed by atoms with E-state index in [-0.39, 0.29) is 12.4 Å². The number of rotatable bonds is 1. The molecule has 1 saturated heterocycles. The molecule has 2 rings (SSSR count). The third kappa shape index (κ3) is 2.28. The molecule has 0 radical (unpaired) electrons. The van der Waals surface area contributed by atoms with Gasteiger partial charge >= 0.3 is 0 Å². The van der Waals surface area contributed by atoms with E-state index in [4.69, 9.17) is 0 Å². The first kappa shape index (κ1) is 11.5. The zero-order valence-corrected chi connectivity index (χ0v) is 9.44. The van der Waals surface area contributed by atoms with Crippen LogP contribution in [0.1, 0.15) is 25.3 Å². The molecule has 78 valence electrons. The predicted octanol–water partition coefficient (Wildman–Crippen LogP) is 2.75. The summed E-state index contributed by atoms with van der Waals surface area (Å²) in [7, 11) is 0. The van der Waals surface area contributed by atoms with E-state index in [1.54, 1.807) is 0 Å². The molecule has 0 aromatic heterocycles. The molecule has 0 amide bonds. The van der Waals surface area contributed by atoms with Gasteiger partial charge < -0.3 is 5.32 Å². The first-order valence-corrected chi connectivity index (χ1v) is 5.07. The fraction of sp³-hybridized carbons (Fsp3) is 0.500. The van der Waals surface area contributed by atoms with Gasteiger partial charge in [0.1, 0.15) is 0 Å². The molecular weight excluding hydrogens is 194 g/mol. The number of halogens is 1. The quantitative estimate of drug-likeness (QED) is 0.754. The first-order valence-electron chi connectivity index (χ1n) is 5.07. The number of hydrogen-bond acceptors (Lipinski definition) is 1. The number of benzene rings is 1. The van der Waals surface area contributed by atoms with Crippen LogP contribution in [-0.2, 0) is 5.41 Å². The summed E-state index contributed by atoms with van der Waals surface area (Å²) in [5, 5.41) is 3.47. The lowest BCUT2D eigenvalue weighted by atomic mass is 9.77. The summed E-state index contributed by atoms with van der Waals surface area (Å²) in [6.07, 6.45) is 2.61. The highest BCUT2D eigenvalue weighted by molar-refractivity contribution is 5.85. The molecule has 1 aliphatic rings. The van der Waals surface area contributed by atoms with Gasteiger partial charge in [-0.15, -0.1) is 12.4 Å². The van der Waals surface area contributed by atoms with Crippen LogP contribution in [0.5, 0.6) is 0 Å². The van der Waals surface area contributed by atoms with Crippen molar-refractivity contribution in [3.05, 3.63) is 35.9 Å². The van der Waals surface area contributed by atoms with Gasteiger partial charge in [-0.05, 0) is 24.9 Å². The SMILES string of the molecule is CC1(c2ccccc2)CCCNC1.Cl. The number of hydrogen-bond donors (Lipinski definition) is 1. The van der Waals surface area contributed by atoms with Crippen molar-refractivity contribution in [2.45, 2.75) is 25.2 Å². The van der Waals surface area contributed by atoms with E-state index in [9.17, 15) is 0 Å². The van der Waals surface area contributed by atoms with E-state index < -0.39 is 0 Å². The second kappa shape index (κ2) is 4.81. The first-order chi connectivity index (χ1) is 6.31. The van der Waals surface area contributed by atoms with Crippen molar-refractivity contribution >= 4 is 12.4 Å². The van der Waals surface area contributed by atoms with Gasteiger partial charge in [0.15, 0.2) is 0 Å². The zero-order chi connectivity index (χ0) is 9.15. The summed E-state index contributed by atoms with van der Waals surface area (Å²) in [4.78, 5) is 0. The average molecular weight is 212 g/mol. The van der Waals surface area contributed by atoms with E-state index >= 15 is 0 Å². The number of piperidine rings is 1. The molecule has 0 bridgehead atoms. The molecule has 0 saturated carbocycles. The lowest BCUT2D eigenvalue weighted by molar-refractivity contribution is 0.339. The molecule has 1 unspecified atom stereocenters. The highest BCUT2D eigenvalue weighted by Crippen LogP contribution is 2.29. The van der Waals surface area contributed by atoms with Gasteiger partial charge in [-0.2, -0.15) is 0 Å². The monoisotopic (exact) mass is 211 g/mol. The standard InChI is InChI=1S/C12H17N.ClH/c1-12(8-5-9-13-10-12)11-6-3-2-4-7-11;/h2-4,6-7,13H,5,8-10H2,1H3;1H. The summed E-state index contributed by atoms with van der Waals surface area (Å²) < 4.78 is 0. The Balaban J connectivity index is 0.000000980. The molecule has 1 aromatic rings. The van der Waals surface area contributed by atoms with Crippen LogP contribution in [0.2, 0.25) is 0 Å². The maximum absolute atomic E-state index is 3.47. The molecule has 1 atom stereocenters. The lowest BCUT2D eigenvalue weighted by Gasteiger charge is -2.34. The van der Waals surface area contributed by atoms with Crippen LogP contribution in [0, 0.1) is 0 Å². The van der Waals surface area contributed by atoms with Crippen molar-refractivity contribution in [3.63, 3.8) is 0 Å². The Kier molecular flexibility index (Phi) is 3.97. The Morgan fingerprint density at radius 3 is 2.50 bits per heavy atom. The third-order valence-electron chi connectivity index (χ3n) is 3.07. The minimum absolute atomic E-state index is 0. The Labute approximate surface area is 92.3 Å². The number of nitrogens with one attached hydrogen (secondary N) is 1. The van der Waals surface area contributed by atoms with Gasteiger partial charge in [0, 0.05) is 12.0 Å². The van der Waals surface area contributed by atoms with Gasteiger partial charge in [-0.3, -0.25) is 0 Å². The van der Waals surface area contributed by atoms with Crippen molar-refractivity contribution in [1.29, 1.82) is 0 Å². The van der Waals surface area contributed by atoms with Gasteiger partial charge in [0.05, 0.1) is 0 Å². The summed E-state index contributed by atoms with van der Waals surface area (Å²) in [5.74, 6) is 0. The van der Waals surface area contributed by atoms with Crippen LogP contribution in [0.25, 0.3) is 0 Å². The largest absolute Gasteiger partial charge is 0.316 e. The Hall–Kier alpha value is -0.530. The smallest absolute Gasteiger partial charge is 0.00500 e.